The molecule has 0 atom stereocenters. The molecule has 0 aromatic heterocycles. The maximum atomic E-state index is 11.4. The van der Waals surface area contributed by atoms with E-state index >= 15 is 0 Å². The lowest BCUT2D eigenvalue weighted by Gasteiger charge is -2.20. The number of fused-ring (bicyclic) bond motifs is 2. The third kappa shape index (κ3) is 4.47. The molecule has 0 saturated carbocycles. The monoisotopic (exact) mass is 378 g/mol. The van der Waals surface area contributed by atoms with Crippen LogP contribution in [0.5, 0.6) is 11.5 Å². The molecule has 5 heteroatoms. The van der Waals surface area contributed by atoms with Crippen LogP contribution in [0.4, 0.5) is 11.4 Å². The molecule has 4 rings (SSSR count). The molecule has 0 fully saturated rings. The van der Waals surface area contributed by atoms with Gasteiger partial charge in [-0.25, -0.2) is 0 Å². The number of nitrogens with one attached hydrogen (secondary N) is 2. The summed E-state index contributed by atoms with van der Waals surface area (Å²) < 4.78 is 11.7. The lowest BCUT2D eigenvalue weighted by atomic mass is 10.0. The summed E-state index contributed by atoms with van der Waals surface area (Å²) in [5, 5.41) is 6.22. The van der Waals surface area contributed by atoms with E-state index in [1.54, 1.807) is 0 Å². The SMILES string of the molecule is C=C1CCc2ccc(OCCCCOc3ccc4c(c3)CCC(=O)N4)cc2N1. The van der Waals surface area contributed by atoms with Gasteiger partial charge in [0.1, 0.15) is 11.5 Å². The van der Waals surface area contributed by atoms with Gasteiger partial charge in [-0.15, -0.1) is 0 Å². The van der Waals surface area contributed by atoms with Gasteiger partial charge in [0.15, 0.2) is 0 Å². The average molecular weight is 378 g/mol. The van der Waals surface area contributed by atoms with Gasteiger partial charge in [0.2, 0.25) is 5.91 Å². The number of carbonyl (C=O) groups excluding carboxylic acids is 1. The maximum Gasteiger partial charge on any atom is 0.224 e. The van der Waals surface area contributed by atoms with Gasteiger partial charge in [0.25, 0.3) is 0 Å². The van der Waals surface area contributed by atoms with E-state index in [-0.39, 0.29) is 5.91 Å². The average Bonchev–Trinajstić information content (AvgIpc) is 2.70. The highest BCUT2D eigenvalue weighted by Crippen LogP contribution is 2.30. The summed E-state index contributed by atoms with van der Waals surface area (Å²) in [6, 6.07) is 12.1. The molecule has 2 heterocycles. The minimum absolute atomic E-state index is 0.0841. The van der Waals surface area contributed by atoms with E-state index in [1.165, 1.54) is 5.56 Å². The zero-order valence-corrected chi connectivity index (χ0v) is 16.1. The second-order valence-electron chi connectivity index (χ2n) is 7.32. The van der Waals surface area contributed by atoms with Crippen LogP contribution in [0.1, 0.15) is 36.8 Å². The zero-order valence-electron chi connectivity index (χ0n) is 16.1. The van der Waals surface area contributed by atoms with Crippen molar-refractivity contribution in [3.05, 3.63) is 59.8 Å². The Morgan fingerprint density at radius 1 is 0.786 bits per heavy atom. The first-order valence-corrected chi connectivity index (χ1v) is 9.93. The first-order valence-electron chi connectivity index (χ1n) is 9.93. The van der Waals surface area contributed by atoms with Crippen molar-refractivity contribution in [1.29, 1.82) is 0 Å². The number of ether oxygens (including phenoxy) is 2. The van der Waals surface area contributed by atoms with Crippen molar-refractivity contribution in [2.75, 3.05) is 23.8 Å². The quantitative estimate of drug-likeness (QED) is 0.687. The molecule has 0 spiro atoms. The molecule has 28 heavy (non-hydrogen) atoms. The number of benzene rings is 2. The van der Waals surface area contributed by atoms with E-state index in [1.807, 2.05) is 24.3 Å². The van der Waals surface area contributed by atoms with Crippen LogP contribution >= 0.6 is 0 Å². The molecule has 1 amide bonds. The van der Waals surface area contributed by atoms with E-state index in [9.17, 15) is 4.79 Å². The van der Waals surface area contributed by atoms with Crippen LogP contribution in [0.2, 0.25) is 0 Å². The van der Waals surface area contributed by atoms with Crippen molar-refractivity contribution in [1.82, 2.24) is 0 Å². The predicted molar refractivity (Wildman–Crippen MR) is 111 cm³/mol. The van der Waals surface area contributed by atoms with Crippen molar-refractivity contribution in [3.8, 4) is 11.5 Å². The molecule has 2 aliphatic heterocycles. The minimum Gasteiger partial charge on any atom is -0.494 e. The second kappa shape index (κ2) is 8.38. The second-order valence-corrected chi connectivity index (χ2v) is 7.32. The molecule has 2 N–H and O–H groups in total. The number of unbranched alkanes of at least 4 members (excludes halogenated alkanes) is 1. The van der Waals surface area contributed by atoms with E-state index < -0.39 is 0 Å². The highest BCUT2D eigenvalue weighted by atomic mass is 16.5. The van der Waals surface area contributed by atoms with Crippen LogP contribution in [-0.2, 0) is 17.6 Å². The Kier molecular flexibility index (Phi) is 5.51. The van der Waals surface area contributed by atoms with Crippen LogP contribution in [0.3, 0.4) is 0 Å². The van der Waals surface area contributed by atoms with Crippen LogP contribution in [-0.4, -0.2) is 19.1 Å². The number of anilines is 2. The summed E-state index contributed by atoms with van der Waals surface area (Å²) in [6.07, 6.45) is 5.20. The third-order valence-corrected chi connectivity index (χ3v) is 5.14. The lowest BCUT2D eigenvalue weighted by Crippen LogP contribution is -2.18. The molecule has 0 saturated heterocycles. The van der Waals surface area contributed by atoms with Gasteiger partial charge in [0.05, 0.1) is 13.2 Å². The third-order valence-electron chi connectivity index (χ3n) is 5.14. The van der Waals surface area contributed by atoms with Gasteiger partial charge in [-0.3, -0.25) is 4.79 Å². The van der Waals surface area contributed by atoms with Crippen molar-refractivity contribution >= 4 is 17.3 Å². The fourth-order valence-electron chi connectivity index (χ4n) is 3.55. The van der Waals surface area contributed by atoms with E-state index in [2.05, 4.69) is 29.3 Å². The Balaban J connectivity index is 1.18. The molecule has 2 aromatic carbocycles. The van der Waals surface area contributed by atoms with Crippen molar-refractivity contribution in [2.24, 2.45) is 0 Å². The Morgan fingerprint density at radius 3 is 2.32 bits per heavy atom. The number of carbonyl (C=O) groups is 1. The van der Waals surface area contributed by atoms with Crippen molar-refractivity contribution in [2.45, 2.75) is 38.5 Å². The van der Waals surface area contributed by atoms with Crippen LogP contribution in [0, 0.1) is 0 Å². The predicted octanol–water partition coefficient (Wildman–Crippen LogP) is 4.68. The van der Waals surface area contributed by atoms with Gasteiger partial charge < -0.3 is 20.1 Å². The van der Waals surface area contributed by atoms with Gasteiger partial charge in [-0.05, 0) is 67.5 Å². The van der Waals surface area contributed by atoms with E-state index in [4.69, 9.17) is 9.47 Å². The van der Waals surface area contributed by atoms with Crippen LogP contribution in [0.25, 0.3) is 0 Å². The number of amides is 1. The molecule has 2 aliphatic rings. The standard InChI is InChI=1S/C23H26N2O3/c1-16-4-5-17-6-8-20(15-22(17)24-16)28-13-3-2-12-27-19-9-10-21-18(14-19)7-11-23(26)25-21/h6,8-10,14-15,24H,1-5,7,11-13H2,(H,25,26). The highest BCUT2D eigenvalue weighted by molar-refractivity contribution is 5.94. The zero-order chi connectivity index (χ0) is 19.3. The Bertz CT molecular complexity index is 891. The molecule has 146 valence electrons. The number of hydrogen-bond acceptors (Lipinski definition) is 4. The molecule has 5 nitrogen and oxygen atoms in total. The van der Waals surface area contributed by atoms with Crippen LogP contribution in [0.15, 0.2) is 48.7 Å². The molecular formula is C23H26N2O3. The minimum atomic E-state index is 0.0841. The fourth-order valence-corrected chi connectivity index (χ4v) is 3.55. The maximum absolute atomic E-state index is 11.4. The van der Waals surface area contributed by atoms with Gasteiger partial charge >= 0.3 is 0 Å². The number of rotatable bonds is 7. The Hall–Kier alpha value is -2.95. The topological polar surface area (TPSA) is 59.6 Å². The lowest BCUT2D eigenvalue weighted by molar-refractivity contribution is -0.116. The largest absolute Gasteiger partial charge is 0.494 e. The molecule has 0 unspecified atom stereocenters. The van der Waals surface area contributed by atoms with Gasteiger partial charge in [-0.2, -0.15) is 0 Å². The smallest absolute Gasteiger partial charge is 0.224 e. The molecule has 2 aromatic rings. The number of hydrogen-bond donors (Lipinski definition) is 2. The van der Waals surface area contributed by atoms with Crippen molar-refractivity contribution in [3.63, 3.8) is 0 Å². The summed E-state index contributed by atoms with van der Waals surface area (Å²) in [5.74, 6) is 1.83. The van der Waals surface area contributed by atoms with Crippen LogP contribution < -0.4 is 20.1 Å². The molecule has 0 aliphatic carbocycles. The first-order chi connectivity index (χ1) is 13.7. The Labute approximate surface area is 165 Å². The van der Waals surface area contributed by atoms with Gasteiger partial charge in [0, 0.05) is 29.6 Å². The first kappa shape index (κ1) is 18.4. The summed E-state index contributed by atoms with van der Waals surface area (Å²) in [6.45, 7) is 5.33. The highest BCUT2D eigenvalue weighted by Gasteiger charge is 2.15. The summed E-state index contributed by atoms with van der Waals surface area (Å²) in [7, 11) is 0. The normalized spacial score (nSPS) is 15.1. The Morgan fingerprint density at radius 2 is 1.50 bits per heavy atom. The molecule has 0 radical (unpaired) electrons. The van der Waals surface area contributed by atoms with E-state index in [0.717, 1.165) is 66.2 Å². The summed E-state index contributed by atoms with van der Waals surface area (Å²) in [5.41, 5.74) is 5.54. The fraction of sp³-hybridized carbons (Fsp3) is 0.348. The number of allylic oxidation sites excluding steroid dienone is 1. The van der Waals surface area contributed by atoms with Gasteiger partial charge in [-0.1, -0.05) is 12.6 Å². The van der Waals surface area contributed by atoms with Crippen molar-refractivity contribution < 1.29 is 14.3 Å². The molecule has 0 bridgehead atoms. The van der Waals surface area contributed by atoms with E-state index in [0.29, 0.717) is 19.6 Å². The summed E-state index contributed by atoms with van der Waals surface area (Å²) in [4.78, 5) is 11.4. The number of aryl methyl sites for hydroxylation is 2. The summed E-state index contributed by atoms with van der Waals surface area (Å²) >= 11 is 0. The molecular weight excluding hydrogens is 352 g/mol.